The Morgan fingerprint density at radius 1 is 0.966 bits per heavy atom. The molecule has 0 unspecified atom stereocenters. The van der Waals surface area contributed by atoms with Crippen LogP contribution in [0.1, 0.15) is 41.6 Å². The minimum Gasteiger partial charge on any atom is -0.337 e. The SMILES string of the molecule is O=C(N/C(=C\c1cccc([N+](=O)[O-])c1)C(=O)N1CCCCCC1)c1ccccc1. The van der Waals surface area contributed by atoms with E-state index in [9.17, 15) is 19.7 Å². The van der Waals surface area contributed by atoms with Gasteiger partial charge < -0.3 is 10.2 Å². The standard InChI is InChI=1S/C22H23N3O4/c26-21(18-10-4-3-5-11-18)23-20(22(27)24-13-6-1-2-7-14-24)16-17-9-8-12-19(15-17)25(28)29/h3-5,8-12,15-16H,1-2,6-7,13-14H2,(H,23,26)/b20-16-. The maximum Gasteiger partial charge on any atom is 0.270 e. The Bertz CT molecular complexity index is 917. The molecule has 1 heterocycles. The lowest BCUT2D eigenvalue weighted by atomic mass is 10.1. The summed E-state index contributed by atoms with van der Waals surface area (Å²) in [5.74, 6) is -0.673. The number of nitrogens with one attached hydrogen (secondary N) is 1. The number of benzene rings is 2. The Morgan fingerprint density at radius 3 is 2.31 bits per heavy atom. The van der Waals surface area contributed by atoms with Crippen LogP contribution in [0.3, 0.4) is 0 Å². The molecule has 0 atom stereocenters. The van der Waals surface area contributed by atoms with Crippen molar-refractivity contribution in [3.8, 4) is 0 Å². The Labute approximate surface area is 169 Å². The van der Waals surface area contributed by atoms with E-state index in [1.165, 1.54) is 18.2 Å². The number of hydrogen-bond acceptors (Lipinski definition) is 4. The zero-order valence-electron chi connectivity index (χ0n) is 16.0. The minimum absolute atomic E-state index is 0.0743. The third-order valence-corrected chi connectivity index (χ3v) is 4.80. The van der Waals surface area contributed by atoms with Crippen LogP contribution < -0.4 is 5.32 Å². The van der Waals surface area contributed by atoms with Crippen LogP contribution in [-0.2, 0) is 4.79 Å². The molecule has 0 aliphatic carbocycles. The van der Waals surface area contributed by atoms with Crippen LogP contribution in [0.15, 0.2) is 60.3 Å². The highest BCUT2D eigenvalue weighted by Crippen LogP contribution is 2.18. The van der Waals surface area contributed by atoms with E-state index in [0.29, 0.717) is 24.2 Å². The first-order valence-electron chi connectivity index (χ1n) is 9.66. The van der Waals surface area contributed by atoms with Gasteiger partial charge in [0.25, 0.3) is 17.5 Å². The van der Waals surface area contributed by atoms with Crippen LogP contribution in [0.4, 0.5) is 5.69 Å². The minimum atomic E-state index is -0.490. The predicted molar refractivity (Wildman–Crippen MR) is 110 cm³/mol. The molecule has 0 radical (unpaired) electrons. The third kappa shape index (κ3) is 5.51. The Balaban J connectivity index is 1.91. The predicted octanol–water partition coefficient (Wildman–Crippen LogP) is 3.77. The molecule has 0 saturated carbocycles. The molecule has 1 aliphatic rings. The third-order valence-electron chi connectivity index (χ3n) is 4.80. The van der Waals surface area contributed by atoms with Crippen molar-refractivity contribution in [2.75, 3.05) is 13.1 Å². The summed E-state index contributed by atoms with van der Waals surface area (Å²) in [5, 5.41) is 13.8. The van der Waals surface area contributed by atoms with Gasteiger partial charge in [0.2, 0.25) is 0 Å². The van der Waals surface area contributed by atoms with Crippen LogP contribution in [0.25, 0.3) is 6.08 Å². The Hall–Kier alpha value is -3.48. The monoisotopic (exact) mass is 393 g/mol. The van der Waals surface area contributed by atoms with E-state index in [-0.39, 0.29) is 17.3 Å². The molecule has 2 aromatic rings. The second-order valence-electron chi connectivity index (χ2n) is 6.94. The van der Waals surface area contributed by atoms with Crippen molar-refractivity contribution in [2.45, 2.75) is 25.7 Å². The number of carbonyl (C=O) groups excluding carboxylic acids is 2. The summed E-state index contributed by atoms with van der Waals surface area (Å²) in [5.41, 5.74) is 0.947. The number of likely N-dealkylation sites (tertiary alicyclic amines) is 1. The lowest BCUT2D eigenvalue weighted by Gasteiger charge is -2.22. The molecule has 1 fully saturated rings. The van der Waals surface area contributed by atoms with Gasteiger partial charge in [0.05, 0.1) is 4.92 Å². The molecule has 1 aliphatic heterocycles. The summed E-state index contributed by atoms with van der Waals surface area (Å²) in [6.07, 6.45) is 5.49. The smallest absolute Gasteiger partial charge is 0.270 e. The number of amides is 2. The van der Waals surface area contributed by atoms with E-state index < -0.39 is 10.8 Å². The number of nitro benzene ring substituents is 1. The molecule has 3 rings (SSSR count). The normalized spacial score (nSPS) is 14.8. The Morgan fingerprint density at radius 2 is 1.66 bits per heavy atom. The summed E-state index contributed by atoms with van der Waals surface area (Å²) in [6, 6.07) is 14.6. The molecule has 7 heteroatoms. The number of hydrogen-bond donors (Lipinski definition) is 1. The second-order valence-corrected chi connectivity index (χ2v) is 6.94. The van der Waals surface area contributed by atoms with Gasteiger partial charge in [-0.1, -0.05) is 43.2 Å². The van der Waals surface area contributed by atoms with Gasteiger partial charge in [0, 0.05) is 30.8 Å². The number of rotatable bonds is 5. The first kappa shape index (κ1) is 20.3. The van der Waals surface area contributed by atoms with Gasteiger partial charge in [0.1, 0.15) is 5.70 Å². The van der Waals surface area contributed by atoms with E-state index in [0.717, 1.165) is 25.7 Å². The van der Waals surface area contributed by atoms with E-state index in [1.807, 2.05) is 0 Å². The van der Waals surface area contributed by atoms with Gasteiger partial charge in [-0.2, -0.15) is 0 Å². The van der Waals surface area contributed by atoms with Gasteiger partial charge in [0.15, 0.2) is 0 Å². The average molecular weight is 393 g/mol. The first-order chi connectivity index (χ1) is 14.0. The lowest BCUT2D eigenvalue weighted by Crippen LogP contribution is -2.39. The van der Waals surface area contributed by atoms with Crippen molar-refractivity contribution in [1.82, 2.24) is 10.2 Å². The molecular weight excluding hydrogens is 370 g/mol. The summed E-state index contributed by atoms with van der Waals surface area (Å²) in [4.78, 5) is 38.1. The van der Waals surface area contributed by atoms with Crippen molar-refractivity contribution in [3.63, 3.8) is 0 Å². The average Bonchev–Trinajstić information content (AvgIpc) is 3.03. The van der Waals surface area contributed by atoms with Gasteiger partial charge in [-0.3, -0.25) is 19.7 Å². The van der Waals surface area contributed by atoms with E-state index >= 15 is 0 Å². The summed E-state index contributed by atoms with van der Waals surface area (Å²) in [6.45, 7) is 1.26. The van der Waals surface area contributed by atoms with Gasteiger partial charge in [-0.25, -0.2) is 0 Å². The fourth-order valence-corrected chi connectivity index (χ4v) is 3.27. The van der Waals surface area contributed by atoms with E-state index in [1.54, 1.807) is 47.4 Å². The van der Waals surface area contributed by atoms with Crippen LogP contribution >= 0.6 is 0 Å². The van der Waals surface area contributed by atoms with Crippen LogP contribution in [0.5, 0.6) is 0 Å². The highest BCUT2D eigenvalue weighted by atomic mass is 16.6. The molecule has 0 bridgehead atoms. The van der Waals surface area contributed by atoms with Crippen molar-refractivity contribution in [2.24, 2.45) is 0 Å². The fourth-order valence-electron chi connectivity index (χ4n) is 3.27. The molecule has 150 valence electrons. The second kappa shape index (κ2) is 9.64. The molecule has 1 N–H and O–H groups in total. The molecule has 2 amide bonds. The van der Waals surface area contributed by atoms with Crippen LogP contribution in [0.2, 0.25) is 0 Å². The van der Waals surface area contributed by atoms with Crippen molar-refractivity contribution in [3.05, 3.63) is 81.5 Å². The molecular formula is C22H23N3O4. The number of non-ortho nitro benzene ring substituents is 1. The molecule has 0 aromatic heterocycles. The first-order valence-corrected chi connectivity index (χ1v) is 9.66. The van der Waals surface area contributed by atoms with Crippen molar-refractivity contribution < 1.29 is 14.5 Å². The van der Waals surface area contributed by atoms with Crippen LogP contribution in [0, 0.1) is 10.1 Å². The van der Waals surface area contributed by atoms with E-state index in [4.69, 9.17) is 0 Å². The highest BCUT2D eigenvalue weighted by Gasteiger charge is 2.22. The topological polar surface area (TPSA) is 92.5 Å². The number of nitrogens with zero attached hydrogens (tertiary/aromatic N) is 2. The maximum atomic E-state index is 13.2. The van der Waals surface area contributed by atoms with Gasteiger partial charge >= 0.3 is 0 Å². The van der Waals surface area contributed by atoms with Gasteiger partial charge in [-0.05, 0) is 36.6 Å². The maximum absolute atomic E-state index is 13.2. The molecule has 2 aromatic carbocycles. The summed E-state index contributed by atoms with van der Waals surface area (Å²) >= 11 is 0. The summed E-state index contributed by atoms with van der Waals surface area (Å²) in [7, 11) is 0. The highest BCUT2D eigenvalue weighted by molar-refractivity contribution is 6.05. The van der Waals surface area contributed by atoms with Crippen LogP contribution in [-0.4, -0.2) is 34.7 Å². The van der Waals surface area contributed by atoms with E-state index in [2.05, 4.69) is 5.32 Å². The quantitative estimate of drug-likeness (QED) is 0.475. The van der Waals surface area contributed by atoms with Crippen molar-refractivity contribution in [1.29, 1.82) is 0 Å². The molecule has 29 heavy (non-hydrogen) atoms. The lowest BCUT2D eigenvalue weighted by molar-refractivity contribution is -0.384. The zero-order valence-corrected chi connectivity index (χ0v) is 16.0. The number of nitro groups is 1. The molecule has 0 spiro atoms. The summed E-state index contributed by atoms with van der Waals surface area (Å²) < 4.78 is 0. The van der Waals surface area contributed by atoms with Gasteiger partial charge in [-0.15, -0.1) is 0 Å². The largest absolute Gasteiger partial charge is 0.337 e. The fraction of sp³-hybridized carbons (Fsp3) is 0.273. The Kier molecular flexibility index (Phi) is 6.73. The zero-order chi connectivity index (χ0) is 20.6. The molecule has 7 nitrogen and oxygen atoms in total. The molecule has 1 saturated heterocycles. The van der Waals surface area contributed by atoms with Crippen molar-refractivity contribution >= 4 is 23.6 Å². The number of carbonyl (C=O) groups is 2.